The molecule has 0 radical (unpaired) electrons. The highest BCUT2D eigenvalue weighted by atomic mass is 16.4. The lowest BCUT2D eigenvalue weighted by Crippen LogP contribution is -2.44. The Morgan fingerprint density at radius 1 is 0.929 bits per heavy atom. The maximum Gasteiger partial charge on any atom is 0.304 e. The van der Waals surface area contributed by atoms with Crippen molar-refractivity contribution in [3.8, 4) is 0 Å². The first-order chi connectivity index (χ1) is 5.43. The van der Waals surface area contributed by atoms with E-state index in [1.54, 1.807) is 0 Å². The molecule has 0 bridgehead atoms. The summed E-state index contributed by atoms with van der Waals surface area (Å²) in [7, 11) is 0. The van der Waals surface area contributed by atoms with Gasteiger partial charge in [-0.2, -0.15) is 0 Å². The third-order valence-electron chi connectivity index (χ3n) is 1.37. The number of hydrogen-bond acceptors (Lipinski definition) is 4. The Bertz CT molecular complexity index is 165. The van der Waals surface area contributed by atoms with Gasteiger partial charge in [0.1, 0.15) is 0 Å². The highest BCUT2D eigenvalue weighted by Crippen LogP contribution is 1.98. The summed E-state index contributed by atoms with van der Waals surface area (Å²) < 4.78 is 0. The Balaban J connectivity index is -0.000000605. The summed E-state index contributed by atoms with van der Waals surface area (Å²) in [6, 6.07) is -1.61. The fourth-order valence-electron chi connectivity index (χ4n) is 0.706. The van der Waals surface area contributed by atoms with Crippen molar-refractivity contribution < 1.29 is 30.8 Å². The molecule has 0 saturated heterocycles. The highest BCUT2D eigenvalue weighted by Gasteiger charge is 2.18. The van der Waals surface area contributed by atoms with Gasteiger partial charge in [-0.25, -0.2) is 0 Å². The molecule has 0 aromatic heterocycles. The van der Waals surface area contributed by atoms with Crippen molar-refractivity contribution >= 4 is 11.9 Å². The second-order valence-electron chi connectivity index (χ2n) is 2.52. The first kappa shape index (κ1) is 18.5. The van der Waals surface area contributed by atoms with Crippen LogP contribution in [0.3, 0.4) is 0 Å². The Kier molecular flexibility index (Phi) is 11.1. The van der Waals surface area contributed by atoms with E-state index in [2.05, 4.69) is 0 Å². The summed E-state index contributed by atoms with van der Waals surface area (Å²) in [4.78, 5) is 20.2. The van der Waals surface area contributed by atoms with E-state index < -0.39 is 24.0 Å². The zero-order valence-electron chi connectivity index (χ0n) is 7.43. The molecule has 2 unspecified atom stereocenters. The predicted octanol–water partition coefficient (Wildman–Crippen LogP) is -3.06. The van der Waals surface area contributed by atoms with Gasteiger partial charge in [0.25, 0.3) is 0 Å². The van der Waals surface area contributed by atoms with E-state index in [1.807, 2.05) is 0 Å². The lowest BCUT2D eigenvalue weighted by atomic mass is 10.0. The van der Waals surface area contributed by atoms with E-state index in [0.717, 1.165) is 0 Å². The molecule has 2 atom stereocenters. The van der Waals surface area contributed by atoms with Crippen molar-refractivity contribution in [3.63, 3.8) is 0 Å². The maximum absolute atomic E-state index is 10.1. The van der Waals surface area contributed by atoms with E-state index in [-0.39, 0.29) is 23.8 Å². The van der Waals surface area contributed by atoms with Crippen LogP contribution in [0, 0.1) is 0 Å². The molecule has 0 spiro atoms. The lowest BCUT2D eigenvalue weighted by Gasteiger charge is -2.15. The summed E-state index contributed by atoms with van der Waals surface area (Å²) in [5, 5.41) is 16.6. The van der Waals surface area contributed by atoms with Crippen LogP contribution in [-0.4, -0.2) is 45.2 Å². The zero-order valence-corrected chi connectivity index (χ0v) is 7.43. The van der Waals surface area contributed by atoms with Crippen LogP contribution in [0.25, 0.3) is 0 Å². The Morgan fingerprint density at radius 2 is 1.14 bits per heavy atom. The Hall–Kier alpha value is -1.22. The topological polar surface area (TPSA) is 190 Å². The van der Waals surface area contributed by atoms with Crippen molar-refractivity contribution in [1.29, 1.82) is 0 Å². The Labute approximate surface area is 80.1 Å². The molecule has 0 aliphatic carbocycles. The average molecular weight is 212 g/mol. The van der Waals surface area contributed by atoms with E-state index in [4.69, 9.17) is 21.7 Å². The lowest BCUT2D eigenvalue weighted by molar-refractivity contribution is -0.140. The largest absolute Gasteiger partial charge is 0.481 e. The van der Waals surface area contributed by atoms with E-state index in [9.17, 15) is 9.59 Å². The van der Waals surface area contributed by atoms with Gasteiger partial charge in [-0.05, 0) is 0 Å². The van der Waals surface area contributed by atoms with Crippen LogP contribution >= 0.6 is 0 Å². The highest BCUT2D eigenvalue weighted by molar-refractivity contribution is 5.69. The van der Waals surface area contributed by atoms with Gasteiger partial charge in [0.05, 0.1) is 12.8 Å². The summed E-state index contributed by atoms with van der Waals surface area (Å²) >= 11 is 0. The Morgan fingerprint density at radius 3 is 1.29 bits per heavy atom. The van der Waals surface area contributed by atoms with Gasteiger partial charge in [0.15, 0.2) is 0 Å². The molecule has 0 amide bonds. The van der Waals surface area contributed by atoms with Crippen molar-refractivity contribution in [2.75, 3.05) is 0 Å². The molecule has 0 aliphatic heterocycles. The van der Waals surface area contributed by atoms with Gasteiger partial charge < -0.3 is 32.6 Å². The molecule has 0 heterocycles. The van der Waals surface area contributed by atoms with E-state index in [0.29, 0.717) is 0 Å². The van der Waals surface area contributed by atoms with Crippen LogP contribution in [-0.2, 0) is 9.59 Å². The molecule has 0 rings (SSSR count). The van der Waals surface area contributed by atoms with Gasteiger partial charge in [-0.3, -0.25) is 9.59 Å². The number of aliphatic carboxylic acids is 2. The van der Waals surface area contributed by atoms with Crippen molar-refractivity contribution in [2.45, 2.75) is 24.9 Å². The zero-order chi connectivity index (χ0) is 9.72. The molecule has 10 N–H and O–H groups in total. The number of nitrogens with two attached hydrogens (primary N) is 2. The molecular weight excluding hydrogens is 196 g/mol. The fraction of sp³-hybridized carbons (Fsp3) is 0.667. The molecule has 8 heteroatoms. The minimum atomic E-state index is -1.08. The van der Waals surface area contributed by atoms with Gasteiger partial charge in [-0.15, -0.1) is 0 Å². The molecule has 0 aromatic carbocycles. The van der Waals surface area contributed by atoms with Crippen molar-refractivity contribution in [3.05, 3.63) is 0 Å². The van der Waals surface area contributed by atoms with Crippen LogP contribution in [0.15, 0.2) is 0 Å². The van der Waals surface area contributed by atoms with Gasteiger partial charge in [-0.1, -0.05) is 0 Å². The third kappa shape index (κ3) is 8.87. The molecule has 14 heavy (non-hydrogen) atoms. The average Bonchev–Trinajstić information content (AvgIpc) is 1.84. The fourth-order valence-corrected chi connectivity index (χ4v) is 0.706. The predicted molar refractivity (Wildman–Crippen MR) is 47.7 cm³/mol. The number of rotatable bonds is 5. The molecule has 8 nitrogen and oxygen atoms in total. The minimum Gasteiger partial charge on any atom is -0.481 e. The quantitative estimate of drug-likeness (QED) is 0.373. The number of carbonyl (C=O) groups is 2. The molecule has 86 valence electrons. The molecule has 0 aliphatic rings. The first-order valence-electron chi connectivity index (χ1n) is 3.38. The summed E-state index contributed by atoms with van der Waals surface area (Å²) in [5.41, 5.74) is 10.6. The van der Waals surface area contributed by atoms with Gasteiger partial charge >= 0.3 is 11.9 Å². The van der Waals surface area contributed by atoms with Crippen LogP contribution in [0.1, 0.15) is 12.8 Å². The number of carboxylic acids is 2. The van der Waals surface area contributed by atoms with Gasteiger partial charge in [0, 0.05) is 12.1 Å². The summed E-state index contributed by atoms with van der Waals surface area (Å²) in [5.74, 6) is -2.16. The van der Waals surface area contributed by atoms with Crippen molar-refractivity contribution in [1.82, 2.24) is 0 Å². The number of hydrogen-bond donors (Lipinski definition) is 4. The number of carboxylic acid groups (broad SMARTS) is 2. The normalized spacial score (nSPS) is 13.0. The first-order valence-corrected chi connectivity index (χ1v) is 3.38. The summed E-state index contributed by atoms with van der Waals surface area (Å²) in [6.07, 6.45) is -0.622. The van der Waals surface area contributed by atoms with E-state index in [1.165, 1.54) is 0 Å². The monoisotopic (exact) mass is 212 g/mol. The van der Waals surface area contributed by atoms with Crippen LogP contribution in [0.4, 0.5) is 0 Å². The standard InChI is InChI=1S/C6H12N2O4.2H2O/c7-3(1-5(9)10)4(8)2-6(11)12;;/h3-4H,1-2,7-8H2,(H,9,10)(H,11,12);2*1H2. The second kappa shape index (κ2) is 8.38. The SMILES string of the molecule is NC(CC(=O)O)C(N)CC(=O)O.O.O. The molecule has 0 saturated carbocycles. The summed E-state index contributed by atoms with van der Waals surface area (Å²) in [6.45, 7) is 0. The second-order valence-corrected chi connectivity index (χ2v) is 2.52. The van der Waals surface area contributed by atoms with E-state index >= 15 is 0 Å². The van der Waals surface area contributed by atoms with Crippen LogP contribution < -0.4 is 11.5 Å². The van der Waals surface area contributed by atoms with Crippen LogP contribution in [0.2, 0.25) is 0 Å². The third-order valence-corrected chi connectivity index (χ3v) is 1.37. The molecular formula is C6H16N2O6. The molecule has 0 fully saturated rings. The van der Waals surface area contributed by atoms with Crippen LogP contribution in [0.5, 0.6) is 0 Å². The van der Waals surface area contributed by atoms with Crippen molar-refractivity contribution in [2.24, 2.45) is 11.5 Å². The molecule has 0 aromatic rings. The minimum absolute atomic E-state index is 0. The maximum atomic E-state index is 10.1. The van der Waals surface area contributed by atoms with Gasteiger partial charge in [0.2, 0.25) is 0 Å². The smallest absolute Gasteiger partial charge is 0.304 e.